The van der Waals surface area contributed by atoms with Gasteiger partial charge < -0.3 is 4.74 Å². The molecule has 2 fully saturated rings. The normalized spacial score (nSPS) is 20.4. The molecule has 0 spiro atoms. The van der Waals surface area contributed by atoms with E-state index in [1.54, 1.807) is 11.3 Å². The van der Waals surface area contributed by atoms with E-state index in [2.05, 4.69) is 25.8 Å². The number of esters is 1. The molecular formula is C17H24N4O2S. The second kappa shape index (κ2) is 6.82. The number of methoxy groups -OCH3 is 1. The molecule has 7 heteroatoms. The number of hydrogen-bond acceptors (Lipinski definition) is 6. The first kappa shape index (κ1) is 16.1. The number of carbonyl (C=O) groups is 1. The van der Waals surface area contributed by atoms with Gasteiger partial charge in [0.25, 0.3) is 0 Å². The van der Waals surface area contributed by atoms with Crippen LogP contribution in [0.4, 0.5) is 0 Å². The molecular weight excluding hydrogens is 324 g/mol. The van der Waals surface area contributed by atoms with Crippen LogP contribution in [0.2, 0.25) is 0 Å². The monoisotopic (exact) mass is 348 g/mol. The van der Waals surface area contributed by atoms with Gasteiger partial charge in [-0.1, -0.05) is 0 Å². The van der Waals surface area contributed by atoms with E-state index in [-0.39, 0.29) is 5.97 Å². The summed E-state index contributed by atoms with van der Waals surface area (Å²) in [7, 11) is 1.46. The van der Waals surface area contributed by atoms with Crippen molar-refractivity contribution in [1.82, 2.24) is 19.2 Å². The topological polar surface area (TPSA) is 50.1 Å². The van der Waals surface area contributed by atoms with E-state index >= 15 is 0 Å². The number of aromatic nitrogens is 2. The molecule has 2 aromatic heterocycles. The predicted octanol–water partition coefficient (Wildman–Crippen LogP) is 1.95. The second-order valence-electron chi connectivity index (χ2n) is 6.76. The van der Waals surface area contributed by atoms with Crippen LogP contribution in [0.3, 0.4) is 0 Å². The van der Waals surface area contributed by atoms with Crippen LogP contribution >= 0.6 is 11.3 Å². The molecule has 1 saturated carbocycles. The number of nitrogens with zero attached hydrogens (tertiary/aromatic N) is 4. The average Bonchev–Trinajstić information content (AvgIpc) is 3.28. The standard InChI is InChI=1S/C17H24N4O2S/c1-23-15(22)12-20-6-2-5-19(7-8-20)11-14-16(13-3-4-13)18-17-21(14)9-10-24-17/h9-10,13H,2-8,11-12H2,1H3. The first-order valence-electron chi connectivity index (χ1n) is 8.70. The maximum absolute atomic E-state index is 11.5. The van der Waals surface area contributed by atoms with Gasteiger partial charge in [0.15, 0.2) is 4.96 Å². The summed E-state index contributed by atoms with van der Waals surface area (Å²) in [5.74, 6) is 0.533. The Morgan fingerprint density at radius 1 is 1.29 bits per heavy atom. The molecule has 1 saturated heterocycles. The summed E-state index contributed by atoms with van der Waals surface area (Å²) >= 11 is 1.72. The Hall–Kier alpha value is -1.44. The highest BCUT2D eigenvalue weighted by atomic mass is 32.1. The molecule has 0 radical (unpaired) electrons. The van der Waals surface area contributed by atoms with Crippen molar-refractivity contribution < 1.29 is 9.53 Å². The summed E-state index contributed by atoms with van der Waals surface area (Å²) in [6, 6.07) is 0. The average molecular weight is 348 g/mol. The lowest BCUT2D eigenvalue weighted by atomic mass is 10.2. The number of rotatable bonds is 5. The summed E-state index contributed by atoms with van der Waals surface area (Å²) in [5, 5.41) is 2.11. The largest absolute Gasteiger partial charge is 0.468 e. The minimum Gasteiger partial charge on any atom is -0.468 e. The van der Waals surface area contributed by atoms with Crippen LogP contribution in [0.15, 0.2) is 11.6 Å². The third kappa shape index (κ3) is 3.34. The fraction of sp³-hybridized carbons (Fsp3) is 0.647. The van der Waals surface area contributed by atoms with E-state index in [1.807, 2.05) is 0 Å². The van der Waals surface area contributed by atoms with E-state index in [0.717, 1.165) is 44.1 Å². The molecule has 0 bridgehead atoms. The van der Waals surface area contributed by atoms with E-state index in [0.29, 0.717) is 12.5 Å². The molecule has 0 unspecified atom stereocenters. The number of carbonyl (C=O) groups excluding carboxylic acids is 1. The molecule has 0 atom stereocenters. The zero-order chi connectivity index (χ0) is 16.5. The Kier molecular flexibility index (Phi) is 4.56. The molecule has 1 aliphatic carbocycles. The number of ether oxygens (including phenoxy) is 1. The Morgan fingerprint density at radius 2 is 2.08 bits per heavy atom. The van der Waals surface area contributed by atoms with Crippen molar-refractivity contribution >= 4 is 22.3 Å². The Morgan fingerprint density at radius 3 is 2.88 bits per heavy atom. The summed E-state index contributed by atoms with van der Waals surface area (Å²) in [6.45, 7) is 5.29. The molecule has 130 valence electrons. The van der Waals surface area contributed by atoms with Gasteiger partial charge in [0.2, 0.25) is 0 Å². The smallest absolute Gasteiger partial charge is 0.319 e. The molecule has 4 rings (SSSR count). The number of thiazole rings is 1. The molecule has 24 heavy (non-hydrogen) atoms. The molecule has 1 aliphatic heterocycles. The molecule has 3 heterocycles. The second-order valence-corrected chi connectivity index (χ2v) is 7.63. The van der Waals surface area contributed by atoms with E-state index in [9.17, 15) is 4.79 Å². The third-order valence-corrected chi connectivity index (χ3v) is 5.75. The van der Waals surface area contributed by atoms with Crippen LogP contribution in [-0.4, -0.2) is 65.0 Å². The van der Waals surface area contributed by atoms with Gasteiger partial charge in [-0.05, 0) is 25.8 Å². The van der Waals surface area contributed by atoms with Crippen molar-refractivity contribution in [2.45, 2.75) is 31.7 Å². The first-order valence-corrected chi connectivity index (χ1v) is 9.58. The van der Waals surface area contributed by atoms with Crippen molar-refractivity contribution in [2.75, 3.05) is 39.8 Å². The van der Waals surface area contributed by atoms with Crippen molar-refractivity contribution in [3.63, 3.8) is 0 Å². The van der Waals surface area contributed by atoms with E-state index < -0.39 is 0 Å². The van der Waals surface area contributed by atoms with Crippen LogP contribution < -0.4 is 0 Å². The highest BCUT2D eigenvalue weighted by Crippen LogP contribution is 2.42. The van der Waals surface area contributed by atoms with Crippen molar-refractivity contribution in [3.05, 3.63) is 23.0 Å². The van der Waals surface area contributed by atoms with Gasteiger partial charge in [0.05, 0.1) is 25.0 Å². The van der Waals surface area contributed by atoms with E-state index in [1.165, 1.54) is 31.3 Å². The highest BCUT2D eigenvalue weighted by Gasteiger charge is 2.31. The van der Waals surface area contributed by atoms with Gasteiger partial charge in [-0.2, -0.15) is 0 Å². The third-order valence-electron chi connectivity index (χ3n) is 4.99. The van der Waals surface area contributed by atoms with Crippen LogP contribution in [0.1, 0.15) is 36.6 Å². The zero-order valence-electron chi connectivity index (χ0n) is 14.1. The molecule has 2 aromatic rings. The summed E-state index contributed by atoms with van der Waals surface area (Å²) in [5.41, 5.74) is 2.69. The lowest BCUT2D eigenvalue weighted by Crippen LogP contribution is -2.34. The Bertz CT molecular complexity index is 721. The quantitative estimate of drug-likeness (QED) is 0.773. The first-order chi connectivity index (χ1) is 11.7. The number of imidazole rings is 1. The molecule has 0 amide bonds. The molecule has 2 aliphatic rings. The van der Waals surface area contributed by atoms with Crippen LogP contribution in [-0.2, 0) is 16.1 Å². The minimum absolute atomic E-state index is 0.143. The highest BCUT2D eigenvalue weighted by molar-refractivity contribution is 7.15. The fourth-order valence-corrected chi connectivity index (χ4v) is 4.23. The number of hydrogen-bond donors (Lipinski definition) is 0. The summed E-state index contributed by atoms with van der Waals surface area (Å²) in [6.07, 6.45) is 5.80. The molecule has 6 nitrogen and oxygen atoms in total. The number of fused-ring (bicyclic) bond motifs is 1. The SMILES string of the molecule is COC(=O)CN1CCCN(Cc2c(C3CC3)nc3sccn23)CC1. The maximum atomic E-state index is 11.5. The van der Waals surface area contributed by atoms with Crippen LogP contribution in [0, 0.1) is 0 Å². The maximum Gasteiger partial charge on any atom is 0.319 e. The molecule has 0 N–H and O–H groups in total. The van der Waals surface area contributed by atoms with Gasteiger partial charge in [-0.15, -0.1) is 11.3 Å². The van der Waals surface area contributed by atoms with Gasteiger partial charge in [0, 0.05) is 43.7 Å². The van der Waals surface area contributed by atoms with Gasteiger partial charge in [-0.3, -0.25) is 19.0 Å². The van der Waals surface area contributed by atoms with Crippen molar-refractivity contribution in [1.29, 1.82) is 0 Å². The minimum atomic E-state index is -0.143. The summed E-state index contributed by atoms with van der Waals surface area (Å²) < 4.78 is 7.06. The van der Waals surface area contributed by atoms with Crippen molar-refractivity contribution in [2.24, 2.45) is 0 Å². The van der Waals surface area contributed by atoms with Crippen LogP contribution in [0.25, 0.3) is 4.96 Å². The summed E-state index contributed by atoms with van der Waals surface area (Å²) in [4.78, 5) is 22.2. The Labute approximate surface area is 146 Å². The lowest BCUT2D eigenvalue weighted by Gasteiger charge is -2.21. The Balaban J connectivity index is 1.45. The van der Waals surface area contributed by atoms with Gasteiger partial charge in [-0.25, -0.2) is 4.98 Å². The van der Waals surface area contributed by atoms with Crippen molar-refractivity contribution in [3.8, 4) is 0 Å². The van der Waals surface area contributed by atoms with Gasteiger partial charge in [0.1, 0.15) is 0 Å². The fourth-order valence-electron chi connectivity index (χ4n) is 3.49. The zero-order valence-corrected chi connectivity index (χ0v) is 14.9. The predicted molar refractivity (Wildman–Crippen MR) is 93.4 cm³/mol. The van der Waals surface area contributed by atoms with E-state index in [4.69, 9.17) is 9.72 Å². The van der Waals surface area contributed by atoms with Gasteiger partial charge >= 0.3 is 5.97 Å². The van der Waals surface area contributed by atoms with Crippen LogP contribution in [0.5, 0.6) is 0 Å². The molecule has 0 aromatic carbocycles. The lowest BCUT2D eigenvalue weighted by molar-refractivity contribution is -0.141.